The number of hydrogen-bond acceptors (Lipinski definition) is 3. The van der Waals surface area contributed by atoms with Crippen LogP contribution in [0.5, 0.6) is 0 Å². The number of carbonyl (C=O) groups is 1. The van der Waals surface area contributed by atoms with Crippen LogP contribution in [0.2, 0.25) is 0 Å². The largest absolute Gasteiger partial charge is 0.368 e. The predicted octanol–water partition coefficient (Wildman–Crippen LogP) is 3.31. The monoisotopic (exact) mass is 386 g/mol. The molecule has 0 spiro atoms. The highest BCUT2D eigenvalue weighted by Gasteiger charge is 2.20. The quantitative estimate of drug-likeness (QED) is 0.649. The highest BCUT2D eigenvalue weighted by Crippen LogP contribution is 2.15. The van der Waals surface area contributed by atoms with Gasteiger partial charge in [-0.25, -0.2) is 10.2 Å². The summed E-state index contributed by atoms with van der Waals surface area (Å²) in [5.41, 5.74) is 4.73. The minimum atomic E-state index is -0.156. The van der Waals surface area contributed by atoms with Crippen molar-refractivity contribution in [1.29, 1.82) is 0 Å². The topological polar surface area (TPSA) is 47.9 Å². The number of nitrogens with one attached hydrogen (secondary N) is 1. The second kappa shape index (κ2) is 7.97. The van der Waals surface area contributed by atoms with E-state index in [9.17, 15) is 4.79 Å². The number of rotatable bonds is 3. The predicted molar refractivity (Wildman–Crippen MR) is 100 cm³/mol. The van der Waals surface area contributed by atoms with E-state index in [-0.39, 0.29) is 6.03 Å². The molecule has 1 aliphatic rings. The molecule has 1 fully saturated rings. The Morgan fingerprint density at radius 3 is 2.33 bits per heavy atom. The first-order valence-electron chi connectivity index (χ1n) is 7.86. The molecule has 0 unspecified atom stereocenters. The molecule has 2 aromatic rings. The molecule has 0 aliphatic carbocycles. The first-order chi connectivity index (χ1) is 11.7. The average Bonchev–Trinajstić information content (AvgIpc) is 2.64. The van der Waals surface area contributed by atoms with Crippen LogP contribution >= 0.6 is 15.9 Å². The summed E-state index contributed by atoms with van der Waals surface area (Å²) in [5, 5.41) is 4.03. The maximum absolute atomic E-state index is 12.2. The third kappa shape index (κ3) is 4.35. The van der Waals surface area contributed by atoms with Crippen molar-refractivity contribution in [2.45, 2.75) is 0 Å². The molecular formula is C18H19BrN4O. The number of amides is 2. The van der Waals surface area contributed by atoms with Crippen LogP contribution in [0.1, 0.15) is 5.56 Å². The molecule has 1 saturated heterocycles. The van der Waals surface area contributed by atoms with Gasteiger partial charge in [0.15, 0.2) is 0 Å². The highest BCUT2D eigenvalue weighted by atomic mass is 79.9. The lowest BCUT2D eigenvalue weighted by atomic mass is 10.2. The van der Waals surface area contributed by atoms with Crippen molar-refractivity contribution in [1.82, 2.24) is 10.3 Å². The third-order valence-electron chi connectivity index (χ3n) is 3.93. The molecule has 0 saturated carbocycles. The van der Waals surface area contributed by atoms with Gasteiger partial charge in [-0.3, -0.25) is 0 Å². The van der Waals surface area contributed by atoms with Crippen LogP contribution in [0.4, 0.5) is 10.5 Å². The summed E-state index contributed by atoms with van der Waals surface area (Å²) in [6, 6.07) is 17.8. The Hall–Kier alpha value is -2.34. The highest BCUT2D eigenvalue weighted by molar-refractivity contribution is 9.10. The number of piperazine rings is 1. The average molecular weight is 387 g/mol. The van der Waals surface area contributed by atoms with Gasteiger partial charge in [-0.1, -0.05) is 46.3 Å². The van der Waals surface area contributed by atoms with Gasteiger partial charge < -0.3 is 9.80 Å². The standard InChI is InChI=1S/C18H19BrN4O/c19-16-8-6-15(7-9-16)14-20-21-18(24)23-12-10-22(11-13-23)17-4-2-1-3-5-17/h1-9,14H,10-13H2,(H,21,24). The van der Waals surface area contributed by atoms with Crippen molar-refractivity contribution in [3.63, 3.8) is 0 Å². The maximum atomic E-state index is 12.2. The molecule has 0 atom stereocenters. The van der Waals surface area contributed by atoms with Crippen LogP contribution in [-0.4, -0.2) is 43.3 Å². The van der Waals surface area contributed by atoms with E-state index >= 15 is 0 Å². The third-order valence-corrected chi connectivity index (χ3v) is 4.46. The van der Waals surface area contributed by atoms with Gasteiger partial charge in [0.2, 0.25) is 0 Å². The number of anilines is 1. The Balaban J connectivity index is 1.47. The van der Waals surface area contributed by atoms with Gasteiger partial charge >= 0.3 is 6.03 Å². The van der Waals surface area contributed by atoms with E-state index in [1.54, 1.807) is 11.1 Å². The van der Waals surface area contributed by atoms with Crippen molar-refractivity contribution in [2.75, 3.05) is 31.1 Å². The lowest BCUT2D eigenvalue weighted by Gasteiger charge is -2.35. The summed E-state index contributed by atoms with van der Waals surface area (Å²) < 4.78 is 1.01. The number of carbonyl (C=O) groups excluding carboxylic acids is 1. The number of benzene rings is 2. The molecule has 3 rings (SSSR count). The summed E-state index contributed by atoms with van der Waals surface area (Å²) in [4.78, 5) is 16.2. The van der Waals surface area contributed by atoms with Gasteiger partial charge in [0.1, 0.15) is 0 Å². The van der Waals surface area contributed by atoms with E-state index in [4.69, 9.17) is 0 Å². The Bertz CT molecular complexity index is 695. The molecule has 1 aliphatic heterocycles. The smallest absolute Gasteiger partial charge is 0.337 e. The van der Waals surface area contributed by atoms with Crippen LogP contribution in [0.3, 0.4) is 0 Å². The van der Waals surface area contributed by atoms with E-state index in [1.165, 1.54) is 5.69 Å². The molecule has 2 amide bonds. The number of halogens is 1. The Labute approximate surface area is 150 Å². The molecule has 6 heteroatoms. The molecule has 0 aromatic heterocycles. The van der Waals surface area contributed by atoms with Gasteiger partial charge in [-0.05, 0) is 29.8 Å². The van der Waals surface area contributed by atoms with Gasteiger partial charge in [0.25, 0.3) is 0 Å². The summed E-state index contributed by atoms with van der Waals surface area (Å²) in [6.07, 6.45) is 1.64. The molecule has 0 radical (unpaired) electrons. The second-order valence-electron chi connectivity index (χ2n) is 5.54. The van der Waals surface area contributed by atoms with Gasteiger partial charge in [0.05, 0.1) is 6.21 Å². The zero-order valence-corrected chi connectivity index (χ0v) is 14.8. The van der Waals surface area contributed by atoms with Crippen molar-refractivity contribution in [3.8, 4) is 0 Å². The minimum absolute atomic E-state index is 0.156. The Morgan fingerprint density at radius 1 is 1.00 bits per heavy atom. The first kappa shape index (κ1) is 16.5. The number of hydrogen-bond donors (Lipinski definition) is 1. The van der Waals surface area contributed by atoms with Crippen molar-refractivity contribution >= 4 is 33.9 Å². The second-order valence-corrected chi connectivity index (χ2v) is 6.45. The summed E-state index contributed by atoms with van der Waals surface area (Å²) in [6.45, 7) is 3.03. The van der Waals surface area contributed by atoms with Gasteiger partial charge in [-0.2, -0.15) is 5.10 Å². The van der Waals surface area contributed by atoms with Crippen molar-refractivity contribution in [2.24, 2.45) is 5.10 Å². The van der Waals surface area contributed by atoms with E-state index in [0.29, 0.717) is 13.1 Å². The number of hydrazone groups is 1. The van der Waals surface area contributed by atoms with Gasteiger partial charge in [-0.15, -0.1) is 0 Å². The molecule has 24 heavy (non-hydrogen) atoms. The van der Waals surface area contributed by atoms with Crippen LogP contribution in [0.25, 0.3) is 0 Å². The number of para-hydroxylation sites is 1. The van der Waals surface area contributed by atoms with Crippen molar-refractivity contribution < 1.29 is 4.79 Å². The molecule has 0 bridgehead atoms. The Morgan fingerprint density at radius 2 is 1.67 bits per heavy atom. The zero-order chi connectivity index (χ0) is 16.8. The van der Waals surface area contributed by atoms with E-state index in [1.807, 2.05) is 42.5 Å². The van der Waals surface area contributed by atoms with E-state index < -0.39 is 0 Å². The van der Waals surface area contributed by atoms with Crippen LogP contribution < -0.4 is 10.3 Å². The molecule has 1 heterocycles. The first-order valence-corrected chi connectivity index (χ1v) is 8.65. The lowest BCUT2D eigenvalue weighted by molar-refractivity contribution is 0.195. The van der Waals surface area contributed by atoms with Crippen molar-refractivity contribution in [3.05, 3.63) is 64.6 Å². The summed E-state index contributed by atoms with van der Waals surface area (Å²) in [7, 11) is 0. The maximum Gasteiger partial charge on any atom is 0.337 e. The summed E-state index contributed by atoms with van der Waals surface area (Å²) in [5.74, 6) is 0. The molecule has 5 nitrogen and oxygen atoms in total. The number of nitrogens with zero attached hydrogens (tertiary/aromatic N) is 3. The fraction of sp³-hybridized carbons (Fsp3) is 0.222. The normalized spacial score (nSPS) is 14.9. The molecule has 2 aromatic carbocycles. The summed E-state index contributed by atoms with van der Waals surface area (Å²) >= 11 is 3.39. The van der Waals surface area contributed by atoms with Crippen LogP contribution in [-0.2, 0) is 0 Å². The number of urea groups is 1. The van der Waals surface area contributed by atoms with Crippen LogP contribution in [0.15, 0.2) is 64.2 Å². The van der Waals surface area contributed by atoms with Gasteiger partial charge in [0, 0.05) is 36.3 Å². The minimum Gasteiger partial charge on any atom is -0.368 e. The molecule has 1 N–H and O–H groups in total. The van der Waals surface area contributed by atoms with Crippen LogP contribution in [0, 0.1) is 0 Å². The SMILES string of the molecule is O=C(NN=Cc1ccc(Br)cc1)N1CCN(c2ccccc2)CC1. The fourth-order valence-corrected chi connectivity index (χ4v) is 2.85. The Kier molecular flexibility index (Phi) is 5.48. The van der Waals surface area contributed by atoms with E-state index in [0.717, 1.165) is 23.1 Å². The fourth-order valence-electron chi connectivity index (χ4n) is 2.59. The molecule has 124 valence electrons. The lowest BCUT2D eigenvalue weighted by Crippen LogP contribution is -2.51. The molecular weight excluding hydrogens is 368 g/mol. The van der Waals surface area contributed by atoms with E-state index in [2.05, 4.69) is 43.5 Å². The zero-order valence-electron chi connectivity index (χ0n) is 13.2.